The number of rotatable bonds is 3. The Morgan fingerprint density at radius 2 is 2.00 bits per heavy atom. The maximum absolute atomic E-state index is 12.4. The van der Waals surface area contributed by atoms with Gasteiger partial charge in [0, 0.05) is 18.2 Å². The van der Waals surface area contributed by atoms with Gasteiger partial charge in [-0.2, -0.15) is 0 Å². The van der Waals surface area contributed by atoms with Crippen LogP contribution in [0.5, 0.6) is 0 Å². The lowest BCUT2D eigenvalue weighted by Crippen LogP contribution is -2.59. The second-order valence-electron chi connectivity index (χ2n) is 7.56. The summed E-state index contributed by atoms with van der Waals surface area (Å²) in [4.78, 5) is 26.1. The van der Waals surface area contributed by atoms with Gasteiger partial charge in [-0.3, -0.25) is 14.3 Å². The van der Waals surface area contributed by atoms with Crippen LogP contribution in [0.25, 0.3) is 0 Å². The van der Waals surface area contributed by atoms with Crippen LogP contribution in [-0.2, 0) is 10.1 Å². The lowest BCUT2D eigenvalue weighted by molar-refractivity contribution is -0.0902. The molecular formula is C15H26N2O5Si. The highest BCUT2D eigenvalue weighted by Crippen LogP contribution is 2.50. The first-order valence-corrected chi connectivity index (χ1v) is 10.7. The average molecular weight is 342 g/mol. The maximum atomic E-state index is 12.4. The number of nitrogens with zero attached hydrogens (tertiary/aromatic N) is 1. The molecule has 2 rings (SSSR count). The van der Waals surface area contributed by atoms with Gasteiger partial charge in [0.15, 0.2) is 0 Å². The van der Waals surface area contributed by atoms with E-state index in [0.717, 1.165) is 0 Å². The summed E-state index contributed by atoms with van der Waals surface area (Å²) >= 11 is 0. The smallest absolute Gasteiger partial charge is 0.330 e. The molecule has 0 aliphatic carbocycles. The normalized spacial score (nSPS) is 31.7. The Balaban J connectivity index is 2.76. The minimum Gasteiger partial charge on any atom is -0.394 e. The monoisotopic (exact) mass is 342 g/mol. The van der Waals surface area contributed by atoms with E-state index in [0.29, 0.717) is 0 Å². The maximum Gasteiger partial charge on any atom is 0.330 e. The molecule has 8 heteroatoms. The molecule has 0 bridgehead atoms. The molecule has 1 saturated heterocycles. The molecule has 0 aromatic carbocycles. The van der Waals surface area contributed by atoms with Gasteiger partial charge < -0.3 is 14.9 Å². The minimum absolute atomic E-state index is 0.325. The molecule has 3 N–H and O–H groups in total. The lowest BCUT2D eigenvalue weighted by Gasteiger charge is -2.45. The van der Waals surface area contributed by atoms with Crippen molar-refractivity contribution in [2.45, 2.75) is 51.4 Å². The predicted octanol–water partition coefficient (Wildman–Crippen LogP) is -0.370. The Kier molecular flexibility index (Phi) is 4.73. The summed E-state index contributed by atoms with van der Waals surface area (Å²) in [5.74, 6) is -0.387. The summed E-state index contributed by atoms with van der Waals surface area (Å²) in [6.07, 6.45) is -0.221. The highest BCUT2D eigenvalue weighted by molar-refractivity contribution is 6.58. The fourth-order valence-electron chi connectivity index (χ4n) is 3.80. The SMILES string of the molecule is C[SiH](C)[C@@]1(n2ccc(=O)[nH]c2=O)O[C@H](CO)[C@@H](O)[C@H]1C(C)(C)C. The highest BCUT2D eigenvalue weighted by atomic mass is 28.3. The van der Waals surface area contributed by atoms with E-state index in [1.54, 1.807) is 0 Å². The molecule has 4 atom stereocenters. The van der Waals surface area contributed by atoms with Crippen LogP contribution in [0.4, 0.5) is 0 Å². The molecule has 2 heterocycles. The van der Waals surface area contributed by atoms with Crippen LogP contribution in [0.15, 0.2) is 21.9 Å². The number of H-pyrrole nitrogens is 1. The van der Waals surface area contributed by atoms with Crippen LogP contribution in [0.3, 0.4) is 0 Å². The third-order valence-corrected chi connectivity index (χ3v) is 7.08. The zero-order valence-electron chi connectivity index (χ0n) is 14.2. The molecule has 0 radical (unpaired) electrons. The van der Waals surface area contributed by atoms with Crippen LogP contribution < -0.4 is 11.2 Å². The topological polar surface area (TPSA) is 105 Å². The second kappa shape index (κ2) is 6.01. The summed E-state index contributed by atoms with van der Waals surface area (Å²) in [6, 6.07) is 1.28. The lowest BCUT2D eigenvalue weighted by atomic mass is 9.76. The fraction of sp³-hybridized carbons (Fsp3) is 0.733. The largest absolute Gasteiger partial charge is 0.394 e. The van der Waals surface area contributed by atoms with Gasteiger partial charge in [-0.1, -0.05) is 33.9 Å². The molecule has 23 heavy (non-hydrogen) atoms. The predicted molar refractivity (Wildman–Crippen MR) is 89.1 cm³/mol. The average Bonchev–Trinajstić information content (AvgIpc) is 2.72. The van der Waals surface area contributed by atoms with Gasteiger partial charge in [0.1, 0.15) is 11.5 Å². The Bertz CT molecular complexity index is 677. The van der Waals surface area contributed by atoms with E-state index in [4.69, 9.17) is 4.74 Å². The highest BCUT2D eigenvalue weighted by Gasteiger charge is 2.61. The van der Waals surface area contributed by atoms with E-state index < -0.39 is 37.6 Å². The van der Waals surface area contributed by atoms with Crippen LogP contribution >= 0.6 is 0 Å². The van der Waals surface area contributed by atoms with Crippen molar-refractivity contribution < 1.29 is 14.9 Å². The van der Waals surface area contributed by atoms with E-state index in [1.807, 2.05) is 33.9 Å². The van der Waals surface area contributed by atoms with Gasteiger partial charge >= 0.3 is 5.69 Å². The quantitative estimate of drug-likeness (QED) is 0.650. The second-order valence-corrected chi connectivity index (χ2v) is 10.7. The first-order chi connectivity index (χ1) is 10.6. The van der Waals surface area contributed by atoms with Crippen molar-refractivity contribution in [3.8, 4) is 0 Å². The first kappa shape index (κ1) is 18.1. The van der Waals surface area contributed by atoms with Gasteiger partial charge in [0.05, 0.1) is 21.5 Å². The van der Waals surface area contributed by atoms with Crippen LogP contribution in [0.1, 0.15) is 20.8 Å². The summed E-state index contributed by atoms with van der Waals surface area (Å²) in [5, 5.41) is 19.3. The molecule has 0 saturated carbocycles. The summed E-state index contributed by atoms with van der Waals surface area (Å²) < 4.78 is 7.52. The van der Waals surface area contributed by atoms with Gasteiger partial charge in [0.25, 0.3) is 5.56 Å². The number of hydrogen-bond donors (Lipinski definition) is 3. The van der Waals surface area contributed by atoms with E-state index in [1.165, 1.54) is 16.8 Å². The van der Waals surface area contributed by atoms with Crippen LogP contribution in [0, 0.1) is 11.3 Å². The fourth-order valence-corrected chi connectivity index (χ4v) is 6.42. The number of aromatic nitrogens is 2. The van der Waals surface area contributed by atoms with Crippen molar-refractivity contribution in [1.29, 1.82) is 0 Å². The number of ether oxygens (including phenoxy) is 1. The van der Waals surface area contributed by atoms with Crippen LogP contribution in [-0.4, -0.2) is 47.4 Å². The Morgan fingerprint density at radius 1 is 1.39 bits per heavy atom. The van der Waals surface area contributed by atoms with Gasteiger partial charge in [-0.05, 0) is 5.41 Å². The minimum atomic E-state index is -1.73. The molecule has 0 amide bonds. The Labute approximate surface area is 136 Å². The molecule has 1 aromatic heterocycles. The molecule has 130 valence electrons. The Hall–Kier alpha value is -1.22. The van der Waals surface area contributed by atoms with E-state index in [9.17, 15) is 19.8 Å². The van der Waals surface area contributed by atoms with Gasteiger partial charge in [-0.15, -0.1) is 0 Å². The molecule has 7 nitrogen and oxygen atoms in total. The van der Waals surface area contributed by atoms with Crippen molar-refractivity contribution in [2.75, 3.05) is 6.61 Å². The first-order valence-electron chi connectivity index (χ1n) is 7.85. The molecule has 1 aliphatic heterocycles. The van der Waals surface area contributed by atoms with Crippen LogP contribution in [0.2, 0.25) is 13.1 Å². The standard InChI is InChI=1S/C15H26N2O5Si/c1-14(2,3)12-11(20)9(8-18)22-15(12,23(4)5)17-7-6-10(19)16-13(17)21/h6-7,9,11-12,18,20,23H,8H2,1-5H3,(H,16,19,21)/t9-,11-,12+,15+/m1/s1. The number of hydrogen-bond acceptors (Lipinski definition) is 5. The summed E-state index contributed by atoms with van der Waals surface area (Å²) in [6.45, 7) is 9.67. The van der Waals surface area contributed by atoms with Gasteiger partial charge in [0.2, 0.25) is 0 Å². The molecule has 1 aliphatic rings. The molecule has 0 spiro atoms. The summed E-state index contributed by atoms with van der Waals surface area (Å²) in [5.41, 5.74) is -1.40. The number of nitrogens with one attached hydrogen (secondary N) is 1. The zero-order valence-corrected chi connectivity index (χ0v) is 15.4. The zero-order chi connectivity index (χ0) is 17.6. The van der Waals surface area contributed by atoms with Crippen molar-refractivity contribution in [1.82, 2.24) is 9.55 Å². The molecule has 1 fully saturated rings. The molecule has 0 unspecified atom stereocenters. The van der Waals surface area contributed by atoms with Crippen molar-refractivity contribution >= 4 is 8.80 Å². The van der Waals surface area contributed by atoms with Crippen molar-refractivity contribution in [3.05, 3.63) is 33.1 Å². The molecular weight excluding hydrogens is 316 g/mol. The third kappa shape index (κ3) is 2.84. The summed E-state index contributed by atoms with van der Waals surface area (Å²) in [7, 11) is -1.73. The van der Waals surface area contributed by atoms with E-state index >= 15 is 0 Å². The number of aliphatic hydroxyl groups is 2. The number of aliphatic hydroxyl groups excluding tert-OH is 2. The number of aromatic amines is 1. The third-order valence-electron chi connectivity index (χ3n) is 4.65. The Morgan fingerprint density at radius 3 is 2.43 bits per heavy atom. The van der Waals surface area contributed by atoms with Crippen molar-refractivity contribution in [3.63, 3.8) is 0 Å². The molecule has 1 aromatic rings. The van der Waals surface area contributed by atoms with E-state index in [2.05, 4.69) is 4.98 Å². The van der Waals surface area contributed by atoms with Gasteiger partial charge in [-0.25, -0.2) is 4.79 Å². The van der Waals surface area contributed by atoms with Crippen molar-refractivity contribution in [2.24, 2.45) is 11.3 Å². The van der Waals surface area contributed by atoms with E-state index in [-0.39, 0.29) is 17.9 Å².